The first-order chi connectivity index (χ1) is 16.2. The number of urea groups is 1. The second-order valence-corrected chi connectivity index (χ2v) is 11.8. The Bertz CT molecular complexity index is 1090. The second-order valence-electron chi connectivity index (χ2n) is 10.8. The van der Waals surface area contributed by atoms with Crippen LogP contribution in [0.1, 0.15) is 76.8 Å². The van der Waals surface area contributed by atoms with E-state index >= 15 is 0 Å². The quantitative estimate of drug-likeness (QED) is 0.616. The van der Waals surface area contributed by atoms with Gasteiger partial charge in [-0.25, -0.2) is 9.78 Å². The molecule has 1 aromatic carbocycles. The fourth-order valence-electron chi connectivity index (χ4n) is 5.92. The SMILES string of the molecule is CCC(C)(C)C1CCC2(CC1)NC(=O)N(CC(=O)N1CCCC1c1nc3ccccc3s1)C2=O. The minimum Gasteiger partial charge on any atom is -0.332 e. The predicted molar refractivity (Wildman–Crippen MR) is 132 cm³/mol. The number of imide groups is 1. The van der Waals surface area contributed by atoms with E-state index < -0.39 is 11.6 Å². The maximum atomic E-state index is 13.4. The number of amides is 4. The summed E-state index contributed by atoms with van der Waals surface area (Å²) in [5.74, 6) is 0.139. The fourth-order valence-corrected chi connectivity index (χ4v) is 7.04. The average molecular weight is 483 g/mol. The first kappa shape index (κ1) is 23.3. The summed E-state index contributed by atoms with van der Waals surface area (Å²) in [6, 6.07) is 7.47. The number of carbonyl (C=O) groups is 3. The summed E-state index contributed by atoms with van der Waals surface area (Å²) in [7, 11) is 0. The van der Waals surface area contributed by atoms with E-state index in [2.05, 4.69) is 26.1 Å². The van der Waals surface area contributed by atoms with Crippen molar-refractivity contribution in [3.05, 3.63) is 29.3 Å². The molecule has 8 heteroatoms. The molecule has 1 aromatic heterocycles. The molecule has 2 saturated heterocycles. The highest BCUT2D eigenvalue weighted by Gasteiger charge is 2.54. The van der Waals surface area contributed by atoms with Gasteiger partial charge in [-0.3, -0.25) is 14.5 Å². The van der Waals surface area contributed by atoms with Crippen LogP contribution in [0.25, 0.3) is 10.2 Å². The van der Waals surface area contributed by atoms with E-state index in [1.54, 1.807) is 11.3 Å². The predicted octanol–water partition coefficient (Wildman–Crippen LogP) is 4.88. The molecular formula is C26H34N4O3S. The minimum atomic E-state index is -0.838. The average Bonchev–Trinajstić information content (AvgIpc) is 3.53. The largest absolute Gasteiger partial charge is 0.332 e. The van der Waals surface area contributed by atoms with Gasteiger partial charge in [-0.1, -0.05) is 39.3 Å². The van der Waals surface area contributed by atoms with Crippen LogP contribution < -0.4 is 5.32 Å². The van der Waals surface area contributed by atoms with Gasteiger partial charge in [0.1, 0.15) is 17.1 Å². The van der Waals surface area contributed by atoms with Crippen molar-refractivity contribution in [3.8, 4) is 0 Å². The number of carbonyl (C=O) groups excluding carboxylic acids is 3. The van der Waals surface area contributed by atoms with Crippen molar-refractivity contribution in [2.45, 2.75) is 77.3 Å². The van der Waals surface area contributed by atoms with Gasteiger partial charge in [0.2, 0.25) is 5.91 Å². The Morgan fingerprint density at radius 3 is 2.65 bits per heavy atom. The van der Waals surface area contributed by atoms with Crippen LogP contribution in [0, 0.1) is 11.3 Å². The summed E-state index contributed by atoms with van der Waals surface area (Å²) in [4.78, 5) is 47.3. The molecule has 4 amide bonds. The second kappa shape index (κ2) is 8.63. The zero-order valence-electron chi connectivity index (χ0n) is 20.3. The molecular weight excluding hydrogens is 448 g/mol. The molecule has 3 fully saturated rings. The van der Waals surface area contributed by atoms with Crippen molar-refractivity contribution in [2.75, 3.05) is 13.1 Å². The molecule has 3 heterocycles. The molecule has 1 N–H and O–H groups in total. The Hall–Kier alpha value is -2.48. The molecule has 34 heavy (non-hydrogen) atoms. The monoisotopic (exact) mass is 482 g/mol. The van der Waals surface area contributed by atoms with Gasteiger partial charge in [0.25, 0.3) is 5.91 Å². The van der Waals surface area contributed by atoms with Crippen LogP contribution in [0.3, 0.4) is 0 Å². The third-order valence-electron chi connectivity index (χ3n) is 8.56. The molecule has 0 radical (unpaired) electrons. The standard InChI is InChI=1S/C26H34N4O3S/c1-4-25(2,3)17-11-13-26(14-12-17)23(32)30(24(33)28-26)16-21(31)29-15-7-9-19(29)22-27-18-8-5-6-10-20(18)34-22/h5-6,8,10,17,19H,4,7,9,11-16H2,1-3H3,(H,28,33). The number of fused-ring (bicyclic) bond motifs is 1. The Morgan fingerprint density at radius 1 is 1.21 bits per heavy atom. The number of nitrogens with zero attached hydrogens (tertiary/aromatic N) is 3. The minimum absolute atomic E-state index is 0.0914. The lowest BCUT2D eigenvalue weighted by Gasteiger charge is -2.42. The molecule has 1 atom stereocenters. The number of likely N-dealkylation sites (tertiary alicyclic amines) is 1. The maximum Gasteiger partial charge on any atom is 0.325 e. The topological polar surface area (TPSA) is 82.6 Å². The first-order valence-corrected chi connectivity index (χ1v) is 13.3. The van der Waals surface area contributed by atoms with E-state index in [9.17, 15) is 14.4 Å². The number of thiazole rings is 1. The third-order valence-corrected chi connectivity index (χ3v) is 9.70. The third kappa shape index (κ3) is 3.89. The summed E-state index contributed by atoms with van der Waals surface area (Å²) >= 11 is 1.62. The van der Waals surface area contributed by atoms with Crippen molar-refractivity contribution in [1.29, 1.82) is 0 Å². The molecule has 1 unspecified atom stereocenters. The number of benzene rings is 1. The Labute approximate surface area is 204 Å². The molecule has 5 rings (SSSR count). The van der Waals surface area contributed by atoms with Crippen LogP contribution in [0.2, 0.25) is 0 Å². The Balaban J connectivity index is 1.27. The zero-order chi connectivity index (χ0) is 24.1. The van der Waals surface area contributed by atoms with Gasteiger partial charge in [0.15, 0.2) is 0 Å². The van der Waals surface area contributed by atoms with Crippen LogP contribution in [0.5, 0.6) is 0 Å². The van der Waals surface area contributed by atoms with Crippen LogP contribution >= 0.6 is 11.3 Å². The molecule has 1 aliphatic carbocycles. The molecule has 1 spiro atoms. The van der Waals surface area contributed by atoms with Crippen LogP contribution in [-0.4, -0.2) is 51.3 Å². The number of hydrogen-bond acceptors (Lipinski definition) is 5. The van der Waals surface area contributed by atoms with E-state index in [1.807, 2.05) is 29.2 Å². The molecule has 7 nitrogen and oxygen atoms in total. The van der Waals surface area contributed by atoms with E-state index in [0.29, 0.717) is 25.3 Å². The molecule has 2 aromatic rings. The number of aromatic nitrogens is 1. The molecule has 0 bridgehead atoms. The number of hydrogen-bond donors (Lipinski definition) is 1. The van der Waals surface area contributed by atoms with Crippen molar-refractivity contribution in [3.63, 3.8) is 0 Å². The lowest BCUT2D eigenvalue weighted by atomic mass is 9.65. The van der Waals surface area contributed by atoms with E-state index in [4.69, 9.17) is 4.98 Å². The highest BCUT2D eigenvalue weighted by molar-refractivity contribution is 7.18. The van der Waals surface area contributed by atoms with Gasteiger partial charge in [-0.2, -0.15) is 0 Å². The van der Waals surface area contributed by atoms with E-state index in [1.165, 1.54) is 0 Å². The summed E-state index contributed by atoms with van der Waals surface area (Å²) in [6.45, 7) is 7.21. The van der Waals surface area contributed by atoms with E-state index in [-0.39, 0.29) is 29.8 Å². The molecule has 2 aliphatic heterocycles. The number of rotatable bonds is 5. The van der Waals surface area contributed by atoms with Gasteiger partial charge in [0.05, 0.1) is 16.3 Å². The van der Waals surface area contributed by atoms with Gasteiger partial charge in [-0.05, 0) is 62.0 Å². The van der Waals surface area contributed by atoms with Gasteiger partial charge >= 0.3 is 6.03 Å². The molecule has 1 saturated carbocycles. The fraction of sp³-hybridized carbons (Fsp3) is 0.615. The van der Waals surface area contributed by atoms with Crippen molar-refractivity contribution in [1.82, 2.24) is 20.1 Å². The van der Waals surface area contributed by atoms with Crippen molar-refractivity contribution in [2.24, 2.45) is 11.3 Å². The summed E-state index contributed by atoms with van der Waals surface area (Å²) < 4.78 is 1.11. The Morgan fingerprint density at radius 2 is 1.94 bits per heavy atom. The summed E-state index contributed by atoms with van der Waals surface area (Å²) in [5, 5.41) is 3.90. The van der Waals surface area contributed by atoms with Crippen molar-refractivity contribution >= 4 is 39.4 Å². The summed E-state index contributed by atoms with van der Waals surface area (Å²) in [5.41, 5.74) is 0.336. The highest BCUT2D eigenvalue weighted by atomic mass is 32.1. The normalized spacial score (nSPS) is 27.7. The van der Waals surface area contributed by atoms with Crippen LogP contribution in [0.15, 0.2) is 24.3 Å². The lowest BCUT2D eigenvalue weighted by molar-refractivity contribution is -0.140. The van der Waals surface area contributed by atoms with Gasteiger partial charge in [-0.15, -0.1) is 11.3 Å². The van der Waals surface area contributed by atoms with Crippen LogP contribution in [0.4, 0.5) is 4.79 Å². The van der Waals surface area contributed by atoms with Gasteiger partial charge in [0, 0.05) is 6.54 Å². The molecule has 182 valence electrons. The van der Waals surface area contributed by atoms with Crippen LogP contribution in [-0.2, 0) is 9.59 Å². The zero-order valence-corrected chi connectivity index (χ0v) is 21.1. The lowest BCUT2D eigenvalue weighted by Crippen LogP contribution is -2.51. The maximum absolute atomic E-state index is 13.4. The van der Waals surface area contributed by atoms with E-state index in [0.717, 1.165) is 52.2 Å². The first-order valence-electron chi connectivity index (χ1n) is 12.5. The Kier molecular flexibility index (Phi) is 5.91. The smallest absolute Gasteiger partial charge is 0.325 e. The molecule has 3 aliphatic rings. The highest BCUT2D eigenvalue weighted by Crippen LogP contribution is 2.45. The number of para-hydroxylation sites is 1. The van der Waals surface area contributed by atoms with Crippen molar-refractivity contribution < 1.29 is 14.4 Å². The van der Waals surface area contributed by atoms with Gasteiger partial charge < -0.3 is 10.2 Å². The number of nitrogens with one attached hydrogen (secondary N) is 1. The summed E-state index contributed by atoms with van der Waals surface area (Å²) in [6.07, 6.45) is 5.97.